The van der Waals surface area contributed by atoms with Gasteiger partial charge in [0.2, 0.25) is 0 Å². The maximum Gasteiger partial charge on any atom is 0.0648 e. The van der Waals surface area contributed by atoms with Gasteiger partial charge in [0, 0.05) is 24.5 Å². The summed E-state index contributed by atoms with van der Waals surface area (Å²) in [5.41, 5.74) is 3.16. The third kappa shape index (κ3) is 2.94. The highest BCUT2D eigenvalue weighted by molar-refractivity contribution is 5.26. The van der Waals surface area contributed by atoms with Gasteiger partial charge in [0.15, 0.2) is 0 Å². The van der Waals surface area contributed by atoms with Crippen LogP contribution < -0.4 is 5.32 Å². The van der Waals surface area contributed by atoms with Gasteiger partial charge >= 0.3 is 0 Å². The van der Waals surface area contributed by atoms with Crippen LogP contribution in [0.25, 0.3) is 0 Å². The van der Waals surface area contributed by atoms with Crippen molar-refractivity contribution in [2.75, 3.05) is 13.2 Å². The van der Waals surface area contributed by atoms with Crippen molar-refractivity contribution in [2.45, 2.75) is 52.7 Å². The van der Waals surface area contributed by atoms with Crippen molar-refractivity contribution in [3.8, 4) is 0 Å². The standard InChI is InChI=1S/C14H26N2O2/c1-5-14(9-17,10-18)15-8-13-7-11(3)16(6-2)12(13)4/h7,15,17-18H,5-6,8-10H2,1-4H3. The first-order valence-corrected chi connectivity index (χ1v) is 6.66. The second-order valence-corrected chi connectivity index (χ2v) is 4.94. The molecule has 1 heterocycles. The van der Waals surface area contributed by atoms with Crippen LogP contribution in [0, 0.1) is 13.8 Å². The number of aromatic nitrogens is 1. The van der Waals surface area contributed by atoms with E-state index in [-0.39, 0.29) is 13.2 Å². The number of aryl methyl sites for hydroxylation is 1. The highest BCUT2D eigenvalue weighted by atomic mass is 16.3. The summed E-state index contributed by atoms with van der Waals surface area (Å²) < 4.78 is 2.27. The van der Waals surface area contributed by atoms with Crippen LogP contribution in [0.4, 0.5) is 0 Å². The van der Waals surface area contributed by atoms with Crippen molar-refractivity contribution < 1.29 is 10.2 Å². The minimum Gasteiger partial charge on any atom is -0.394 e. The summed E-state index contributed by atoms with van der Waals surface area (Å²) in [6, 6.07) is 2.17. The fourth-order valence-electron chi connectivity index (χ4n) is 2.33. The third-order valence-electron chi connectivity index (χ3n) is 3.93. The summed E-state index contributed by atoms with van der Waals surface area (Å²) in [5.74, 6) is 0. The molecule has 0 aromatic carbocycles. The second-order valence-electron chi connectivity index (χ2n) is 4.94. The smallest absolute Gasteiger partial charge is 0.0648 e. The molecular formula is C14H26N2O2. The SMILES string of the molecule is CCn1c(C)cc(CNC(CC)(CO)CO)c1C. The van der Waals surface area contributed by atoms with Gasteiger partial charge in [0.25, 0.3) is 0 Å². The molecule has 4 heteroatoms. The average Bonchev–Trinajstić information content (AvgIpc) is 2.66. The zero-order chi connectivity index (χ0) is 13.8. The van der Waals surface area contributed by atoms with Crippen LogP contribution in [0.3, 0.4) is 0 Å². The highest BCUT2D eigenvalue weighted by Gasteiger charge is 2.26. The summed E-state index contributed by atoms with van der Waals surface area (Å²) in [7, 11) is 0. The first-order valence-electron chi connectivity index (χ1n) is 6.66. The van der Waals surface area contributed by atoms with Crippen LogP contribution in [-0.2, 0) is 13.1 Å². The first-order chi connectivity index (χ1) is 8.53. The molecule has 18 heavy (non-hydrogen) atoms. The number of aliphatic hydroxyl groups is 2. The Morgan fingerprint density at radius 2 is 1.83 bits per heavy atom. The maximum atomic E-state index is 9.40. The van der Waals surface area contributed by atoms with E-state index < -0.39 is 5.54 Å². The Kier molecular flexibility index (Phi) is 5.38. The quantitative estimate of drug-likeness (QED) is 0.688. The van der Waals surface area contributed by atoms with Crippen LogP contribution in [-0.4, -0.2) is 33.5 Å². The highest BCUT2D eigenvalue weighted by Crippen LogP contribution is 2.17. The molecule has 0 aliphatic carbocycles. The normalized spacial score (nSPS) is 12.1. The molecule has 0 spiro atoms. The Balaban J connectivity index is 2.80. The molecule has 0 aliphatic heterocycles. The van der Waals surface area contributed by atoms with Gasteiger partial charge in [-0.1, -0.05) is 6.92 Å². The zero-order valence-electron chi connectivity index (χ0n) is 12.0. The van der Waals surface area contributed by atoms with E-state index in [1.165, 1.54) is 17.0 Å². The van der Waals surface area contributed by atoms with E-state index in [9.17, 15) is 10.2 Å². The van der Waals surface area contributed by atoms with Crippen LogP contribution in [0.1, 0.15) is 37.2 Å². The van der Waals surface area contributed by atoms with E-state index in [0.29, 0.717) is 13.0 Å². The van der Waals surface area contributed by atoms with E-state index in [1.54, 1.807) is 0 Å². The Bertz CT molecular complexity index is 373. The molecule has 0 aliphatic rings. The van der Waals surface area contributed by atoms with Crippen molar-refractivity contribution in [1.82, 2.24) is 9.88 Å². The molecule has 0 saturated heterocycles. The molecule has 1 aromatic rings. The van der Waals surface area contributed by atoms with Gasteiger partial charge in [0.05, 0.1) is 18.8 Å². The molecule has 0 atom stereocenters. The van der Waals surface area contributed by atoms with Gasteiger partial charge in [-0.05, 0) is 38.8 Å². The Hall–Kier alpha value is -0.840. The lowest BCUT2D eigenvalue weighted by Gasteiger charge is -2.29. The van der Waals surface area contributed by atoms with Gasteiger partial charge in [-0.3, -0.25) is 0 Å². The number of nitrogens with zero attached hydrogens (tertiary/aromatic N) is 1. The van der Waals surface area contributed by atoms with E-state index in [4.69, 9.17) is 0 Å². The number of nitrogens with one attached hydrogen (secondary N) is 1. The lowest BCUT2D eigenvalue weighted by molar-refractivity contribution is 0.0863. The second kappa shape index (κ2) is 6.36. The fourth-order valence-corrected chi connectivity index (χ4v) is 2.33. The lowest BCUT2D eigenvalue weighted by atomic mass is 9.98. The molecule has 1 rings (SSSR count). The van der Waals surface area contributed by atoms with Gasteiger partial charge < -0.3 is 20.1 Å². The number of hydrogen-bond donors (Lipinski definition) is 3. The molecule has 3 N–H and O–H groups in total. The van der Waals surface area contributed by atoms with E-state index >= 15 is 0 Å². The van der Waals surface area contributed by atoms with Crippen LogP contribution in [0.15, 0.2) is 6.07 Å². The predicted molar refractivity (Wildman–Crippen MR) is 73.6 cm³/mol. The molecule has 0 amide bonds. The molecule has 0 saturated carbocycles. The van der Waals surface area contributed by atoms with Gasteiger partial charge in [-0.2, -0.15) is 0 Å². The minimum absolute atomic E-state index is 0.0491. The third-order valence-corrected chi connectivity index (χ3v) is 3.93. The summed E-state index contributed by atoms with van der Waals surface area (Å²) in [4.78, 5) is 0. The largest absolute Gasteiger partial charge is 0.394 e. The van der Waals surface area contributed by atoms with E-state index in [1.807, 2.05) is 6.92 Å². The van der Waals surface area contributed by atoms with E-state index in [2.05, 4.69) is 36.7 Å². The van der Waals surface area contributed by atoms with Crippen LogP contribution in [0.5, 0.6) is 0 Å². The van der Waals surface area contributed by atoms with Crippen molar-refractivity contribution in [2.24, 2.45) is 0 Å². The molecule has 0 fully saturated rings. The summed E-state index contributed by atoms with van der Waals surface area (Å²) in [6.45, 7) is 9.86. The fraction of sp³-hybridized carbons (Fsp3) is 0.714. The zero-order valence-corrected chi connectivity index (χ0v) is 12.0. The van der Waals surface area contributed by atoms with Crippen molar-refractivity contribution in [1.29, 1.82) is 0 Å². The number of rotatable bonds is 7. The maximum absolute atomic E-state index is 9.40. The molecular weight excluding hydrogens is 228 g/mol. The molecule has 104 valence electrons. The van der Waals surface area contributed by atoms with Gasteiger partial charge in [-0.15, -0.1) is 0 Å². The van der Waals surface area contributed by atoms with Gasteiger partial charge in [-0.25, -0.2) is 0 Å². The molecule has 4 nitrogen and oxygen atoms in total. The van der Waals surface area contributed by atoms with Gasteiger partial charge in [0.1, 0.15) is 0 Å². The minimum atomic E-state index is -0.575. The van der Waals surface area contributed by atoms with Crippen molar-refractivity contribution >= 4 is 0 Å². The average molecular weight is 254 g/mol. The molecule has 1 aromatic heterocycles. The molecule has 0 radical (unpaired) electrons. The number of hydrogen-bond acceptors (Lipinski definition) is 3. The summed E-state index contributed by atoms with van der Waals surface area (Å²) in [5, 5.41) is 22.1. The summed E-state index contributed by atoms with van der Waals surface area (Å²) in [6.07, 6.45) is 0.701. The van der Waals surface area contributed by atoms with Crippen molar-refractivity contribution in [3.05, 3.63) is 23.0 Å². The Labute approximate surface area is 110 Å². The van der Waals surface area contributed by atoms with Crippen LogP contribution in [0.2, 0.25) is 0 Å². The Morgan fingerprint density at radius 3 is 2.22 bits per heavy atom. The summed E-state index contributed by atoms with van der Waals surface area (Å²) >= 11 is 0. The molecule has 0 bridgehead atoms. The topological polar surface area (TPSA) is 57.4 Å². The first kappa shape index (κ1) is 15.2. The predicted octanol–water partition coefficient (Wildman–Crippen LogP) is 1.35. The van der Waals surface area contributed by atoms with E-state index in [0.717, 1.165) is 6.54 Å². The molecule has 0 unspecified atom stereocenters. The monoisotopic (exact) mass is 254 g/mol. The van der Waals surface area contributed by atoms with Crippen LogP contribution >= 0.6 is 0 Å². The lowest BCUT2D eigenvalue weighted by Crippen LogP contribution is -2.50. The Morgan fingerprint density at radius 1 is 1.22 bits per heavy atom. The van der Waals surface area contributed by atoms with Crippen molar-refractivity contribution in [3.63, 3.8) is 0 Å². The number of aliphatic hydroxyl groups excluding tert-OH is 2.